The van der Waals surface area contributed by atoms with Crippen molar-refractivity contribution in [3.8, 4) is 0 Å². The Labute approximate surface area is 120 Å². The molecule has 0 N–H and O–H groups in total. The molecule has 0 spiro atoms. The Morgan fingerprint density at radius 1 is 1.45 bits per heavy atom. The second kappa shape index (κ2) is 6.55. The van der Waals surface area contributed by atoms with E-state index in [2.05, 4.69) is 6.92 Å². The van der Waals surface area contributed by atoms with E-state index in [9.17, 15) is 9.59 Å². The van der Waals surface area contributed by atoms with Crippen LogP contribution < -0.4 is 0 Å². The molecule has 1 saturated heterocycles. The van der Waals surface area contributed by atoms with Gasteiger partial charge in [0.05, 0.1) is 6.04 Å². The van der Waals surface area contributed by atoms with Gasteiger partial charge < -0.3 is 9.80 Å². The zero-order chi connectivity index (χ0) is 14.5. The van der Waals surface area contributed by atoms with Crippen LogP contribution in [0.4, 0.5) is 0 Å². The van der Waals surface area contributed by atoms with E-state index in [4.69, 9.17) is 0 Å². The second-order valence-electron chi connectivity index (χ2n) is 5.44. The third-order valence-corrected chi connectivity index (χ3v) is 4.11. The molecule has 0 saturated carbocycles. The molecule has 2 unspecified atom stereocenters. The Balaban J connectivity index is 2.02. The monoisotopic (exact) mass is 274 g/mol. The van der Waals surface area contributed by atoms with Crippen molar-refractivity contribution < 1.29 is 9.59 Å². The second-order valence-corrected chi connectivity index (χ2v) is 5.44. The van der Waals surface area contributed by atoms with Crippen LogP contribution in [0.1, 0.15) is 38.3 Å². The predicted octanol–water partition coefficient (Wildman–Crippen LogP) is 2.22. The van der Waals surface area contributed by atoms with Gasteiger partial charge >= 0.3 is 0 Å². The topological polar surface area (TPSA) is 40.6 Å². The first-order chi connectivity index (χ1) is 9.63. The highest BCUT2D eigenvalue weighted by Gasteiger charge is 2.27. The zero-order valence-electron chi connectivity index (χ0n) is 12.2. The van der Waals surface area contributed by atoms with Crippen LogP contribution in [0, 0.1) is 0 Å². The minimum atomic E-state index is -0.0874. The number of carbonyl (C=O) groups excluding carboxylic acids is 2. The first kappa shape index (κ1) is 14.6. The molecule has 0 radical (unpaired) electrons. The van der Waals surface area contributed by atoms with Gasteiger partial charge in [-0.05, 0) is 32.3 Å². The van der Waals surface area contributed by atoms with Crippen molar-refractivity contribution in [1.29, 1.82) is 0 Å². The Hall–Kier alpha value is -1.84. The van der Waals surface area contributed by atoms with E-state index in [1.54, 1.807) is 4.90 Å². The molecule has 2 atom stereocenters. The highest BCUT2D eigenvalue weighted by atomic mass is 16.2. The van der Waals surface area contributed by atoms with Gasteiger partial charge in [-0.1, -0.05) is 30.3 Å². The third kappa shape index (κ3) is 3.18. The van der Waals surface area contributed by atoms with Gasteiger partial charge in [0, 0.05) is 12.6 Å². The van der Waals surface area contributed by atoms with E-state index in [1.807, 2.05) is 42.2 Å². The molecule has 2 amide bonds. The van der Waals surface area contributed by atoms with Crippen molar-refractivity contribution in [2.45, 2.75) is 38.8 Å². The van der Waals surface area contributed by atoms with Gasteiger partial charge in [-0.3, -0.25) is 9.59 Å². The quantitative estimate of drug-likeness (QED) is 0.772. The molecule has 0 bridgehead atoms. The molecule has 4 nitrogen and oxygen atoms in total. The van der Waals surface area contributed by atoms with Gasteiger partial charge in [0.25, 0.3) is 0 Å². The Kier molecular flexibility index (Phi) is 4.77. The number of hydrogen-bond donors (Lipinski definition) is 0. The standard InChI is InChI=1S/C16H22N2O2/c1-13-7-6-10-18(13)16(20)11-17(12-19)14(2)15-8-4-3-5-9-15/h3-5,8-9,12-14H,6-7,10-11H2,1-2H3. The van der Waals surface area contributed by atoms with Gasteiger partial charge in [-0.25, -0.2) is 0 Å². The summed E-state index contributed by atoms with van der Waals surface area (Å²) in [6.45, 7) is 4.98. The van der Waals surface area contributed by atoms with Gasteiger partial charge in [0.15, 0.2) is 0 Å². The highest BCUT2D eigenvalue weighted by Crippen LogP contribution is 2.20. The van der Waals surface area contributed by atoms with E-state index in [-0.39, 0.29) is 18.5 Å². The van der Waals surface area contributed by atoms with E-state index < -0.39 is 0 Å². The minimum absolute atomic E-state index is 0.0462. The maximum absolute atomic E-state index is 12.3. The van der Waals surface area contributed by atoms with E-state index in [0.717, 1.165) is 31.4 Å². The first-order valence-electron chi connectivity index (χ1n) is 7.19. The molecule has 0 aromatic heterocycles. The fourth-order valence-electron chi connectivity index (χ4n) is 2.74. The number of carbonyl (C=O) groups is 2. The van der Waals surface area contributed by atoms with Gasteiger partial charge in [0.1, 0.15) is 6.54 Å². The maximum atomic E-state index is 12.3. The molecule has 4 heteroatoms. The zero-order valence-corrected chi connectivity index (χ0v) is 12.2. The molecular weight excluding hydrogens is 252 g/mol. The average molecular weight is 274 g/mol. The summed E-state index contributed by atoms with van der Waals surface area (Å²) in [5, 5.41) is 0. The Morgan fingerprint density at radius 2 is 2.15 bits per heavy atom. The maximum Gasteiger partial charge on any atom is 0.242 e. The van der Waals surface area contributed by atoms with Crippen LogP contribution in [0.15, 0.2) is 30.3 Å². The lowest BCUT2D eigenvalue weighted by atomic mass is 10.1. The van der Waals surface area contributed by atoms with Crippen LogP contribution in [0.5, 0.6) is 0 Å². The molecule has 2 rings (SSSR count). The van der Waals surface area contributed by atoms with E-state index >= 15 is 0 Å². The Morgan fingerprint density at radius 3 is 2.70 bits per heavy atom. The molecule has 1 fully saturated rings. The summed E-state index contributed by atoms with van der Waals surface area (Å²) in [4.78, 5) is 27.0. The van der Waals surface area contributed by atoms with Gasteiger partial charge in [0.2, 0.25) is 12.3 Å². The predicted molar refractivity (Wildman–Crippen MR) is 78.0 cm³/mol. The number of amides is 2. The summed E-state index contributed by atoms with van der Waals surface area (Å²) in [6.07, 6.45) is 2.89. The van der Waals surface area contributed by atoms with Gasteiger partial charge in [-0.15, -0.1) is 0 Å². The van der Waals surface area contributed by atoms with Crippen molar-refractivity contribution >= 4 is 12.3 Å². The molecule has 108 valence electrons. The highest BCUT2D eigenvalue weighted by molar-refractivity contribution is 5.80. The van der Waals surface area contributed by atoms with Crippen LogP contribution in [-0.2, 0) is 9.59 Å². The summed E-state index contributed by atoms with van der Waals surface area (Å²) in [5.74, 6) is 0.0462. The SMILES string of the molecule is CC(c1ccccc1)N(C=O)CC(=O)N1CCCC1C. The lowest BCUT2D eigenvalue weighted by Gasteiger charge is -2.28. The van der Waals surface area contributed by atoms with E-state index in [0.29, 0.717) is 6.04 Å². The summed E-state index contributed by atoms with van der Waals surface area (Å²) < 4.78 is 0. The summed E-state index contributed by atoms with van der Waals surface area (Å²) >= 11 is 0. The van der Waals surface area contributed by atoms with Crippen LogP contribution in [-0.4, -0.2) is 41.2 Å². The number of benzene rings is 1. The lowest BCUT2D eigenvalue weighted by Crippen LogP contribution is -2.42. The fraction of sp³-hybridized carbons (Fsp3) is 0.500. The number of hydrogen-bond acceptors (Lipinski definition) is 2. The van der Waals surface area contributed by atoms with Gasteiger partial charge in [-0.2, -0.15) is 0 Å². The summed E-state index contributed by atoms with van der Waals surface area (Å²) in [7, 11) is 0. The van der Waals surface area contributed by atoms with Crippen LogP contribution >= 0.6 is 0 Å². The minimum Gasteiger partial charge on any atom is -0.338 e. The van der Waals surface area contributed by atoms with Crippen molar-refractivity contribution in [1.82, 2.24) is 9.80 Å². The molecule has 1 aromatic rings. The largest absolute Gasteiger partial charge is 0.338 e. The van der Waals surface area contributed by atoms with Crippen LogP contribution in [0.3, 0.4) is 0 Å². The third-order valence-electron chi connectivity index (χ3n) is 4.11. The summed E-state index contributed by atoms with van der Waals surface area (Å²) in [5.41, 5.74) is 1.04. The molecule has 20 heavy (non-hydrogen) atoms. The number of nitrogens with zero attached hydrogens (tertiary/aromatic N) is 2. The molecule has 1 aliphatic heterocycles. The molecule has 1 aromatic carbocycles. The van der Waals surface area contributed by atoms with Crippen LogP contribution in [0.25, 0.3) is 0 Å². The summed E-state index contributed by atoms with van der Waals surface area (Å²) in [6, 6.07) is 9.99. The molecule has 1 heterocycles. The molecule has 0 aliphatic carbocycles. The Bertz CT molecular complexity index is 461. The smallest absolute Gasteiger partial charge is 0.242 e. The molecule has 1 aliphatic rings. The average Bonchev–Trinajstić information content (AvgIpc) is 2.91. The van der Waals surface area contributed by atoms with Crippen LogP contribution in [0.2, 0.25) is 0 Å². The number of rotatable bonds is 5. The first-order valence-corrected chi connectivity index (χ1v) is 7.19. The lowest BCUT2D eigenvalue weighted by molar-refractivity contribution is -0.137. The number of likely N-dealkylation sites (tertiary alicyclic amines) is 1. The molecular formula is C16H22N2O2. The van der Waals surface area contributed by atoms with E-state index in [1.165, 1.54) is 0 Å². The van der Waals surface area contributed by atoms with Crippen molar-refractivity contribution in [3.05, 3.63) is 35.9 Å². The van der Waals surface area contributed by atoms with Crippen molar-refractivity contribution in [3.63, 3.8) is 0 Å². The fourth-order valence-corrected chi connectivity index (χ4v) is 2.74. The van der Waals surface area contributed by atoms with Crippen molar-refractivity contribution in [2.24, 2.45) is 0 Å². The normalized spacial score (nSPS) is 19.7. The van der Waals surface area contributed by atoms with Crippen molar-refractivity contribution in [2.75, 3.05) is 13.1 Å².